The fraction of sp³-hybridized carbons (Fsp3) is 0.909. The zero-order valence-electron chi connectivity index (χ0n) is 12.1. The first-order valence-electron chi connectivity index (χ1n) is 5.88. The number of rotatable bonds is 5. The highest BCUT2D eigenvalue weighted by Gasteiger charge is 2.29. The van der Waals surface area contributed by atoms with Crippen LogP contribution in [-0.4, -0.2) is 17.6 Å². The predicted molar refractivity (Wildman–Crippen MR) is 69.0 cm³/mol. The van der Waals surface area contributed by atoms with E-state index in [2.05, 4.69) is 21.4 Å². The minimum Gasteiger partial charge on any atom is -0.460 e. The number of hydrazine groups is 1. The molecule has 4 N–H and O–H groups in total. The molecule has 18 heavy (non-hydrogen) atoms. The van der Waals surface area contributed by atoms with Gasteiger partial charge in [-0.05, 0) is 31.4 Å². The zero-order valence-corrected chi connectivity index (χ0v) is 12.1. The number of hydrogen-bond donors (Lipinski definition) is 3. The molecule has 0 rings (SSSR count). The van der Waals surface area contributed by atoms with Gasteiger partial charge in [0.25, 0.3) is 0 Å². The maximum atomic E-state index is 11.8. The summed E-state index contributed by atoms with van der Waals surface area (Å²) in [6, 6.07) is -0.155. The molecular formula is C11H25N5O2. The highest BCUT2D eigenvalue weighted by Crippen LogP contribution is 2.22. The Morgan fingerprint density at radius 2 is 1.83 bits per heavy atom. The Morgan fingerprint density at radius 1 is 1.28 bits per heavy atom. The smallest absolute Gasteiger partial charge is 0.307 e. The van der Waals surface area contributed by atoms with Crippen molar-refractivity contribution in [3.8, 4) is 0 Å². The molecule has 0 radical (unpaired) electrons. The first-order valence-corrected chi connectivity index (χ1v) is 5.88. The maximum absolute atomic E-state index is 11.8. The lowest BCUT2D eigenvalue weighted by molar-refractivity contribution is -0.156. The van der Waals surface area contributed by atoms with Crippen LogP contribution in [0.15, 0.2) is 10.4 Å². The molecule has 0 aromatic rings. The summed E-state index contributed by atoms with van der Waals surface area (Å²) in [5.41, 5.74) is 4.74. The van der Waals surface area contributed by atoms with Crippen molar-refractivity contribution >= 4 is 5.97 Å². The van der Waals surface area contributed by atoms with Gasteiger partial charge in [-0.1, -0.05) is 26.0 Å². The molecule has 0 aliphatic carbocycles. The summed E-state index contributed by atoms with van der Waals surface area (Å²) in [6.07, 6.45) is 0.230. The molecule has 0 aromatic heterocycles. The van der Waals surface area contributed by atoms with Gasteiger partial charge in [0.05, 0.1) is 6.42 Å². The average molecular weight is 259 g/mol. The van der Waals surface area contributed by atoms with Crippen molar-refractivity contribution in [2.24, 2.45) is 21.7 Å². The fourth-order valence-electron chi connectivity index (χ4n) is 1.26. The molecule has 7 heteroatoms. The molecule has 0 spiro atoms. The van der Waals surface area contributed by atoms with Crippen LogP contribution in [0.1, 0.15) is 48.0 Å². The van der Waals surface area contributed by atoms with Crippen molar-refractivity contribution in [1.29, 1.82) is 0 Å². The van der Waals surface area contributed by atoms with Gasteiger partial charge in [-0.25, -0.2) is 11.0 Å². The van der Waals surface area contributed by atoms with E-state index < -0.39 is 5.60 Å². The average Bonchev–Trinajstić information content (AvgIpc) is 2.12. The molecule has 0 heterocycles. The number of esters is 1. The van der Waals surface area contributed by atoms with Crippen LogP contribution >= 0.6 is 0 Å². The van der Waals surface area contributed by atoms with Crippen LogP contribution in [0.5, 0.6) is 0 Å². The van der Waals surface area contributed by atoms with Gasteiger partial charge >= 0.3 is 5.97 Å². The molecular weight excluding hydrogens is 234 g/mol. The van der Waals surface area contributed by atoms with E-state index in [0.717, 1.165) is 0 Å². The molecule has 0 bridgehead atoms. The van der Waals surface area contributed by atoms with Crippen LogP contribution in [0, 0.1) is 5.41 Å². The molecule has 0 saturated carbocycles. The SMILES string of the molecule is CC(C)(C)OC(=O)CC(NNN=NN)C(C)(C)C. The number of carbonyl (C=O) groups excluding carboxylic acids is 1. The summed E-state index contributed by atoms with van der Waals surface area (Å²) < 4.78 is 5.28. The van der Waals surface area contributed by atoms with E-state index in [1.807, 2.05) is 41.5 Å². The van der Waals surface area contributed by atoms with Gasteiger partial charge in [0.15, 0.2) is 0 Å². The standard InChI is InChI=1S/C11H25N5O2/c1-10(2,3)8(13-15-16-14-12)7-9(17)18-11(4,5)6/h8H,7H2,1-6H3,(H,14,15)(H3,12,13,16). The second-order valence-corrected chi connectivity index (χ2v) is 6.18. The number of carbonyl (C=O) groups is 1. The Hall–Kier alpha value is -1.37. The van der Waals surface area contributed by atoms with Gasteiger partial charge < -0.3 is 10.6 Å². The van der Waals surface area contributed by atoms with Gasteiger partial charge in [0, 0.05) is 6.04 Å². The minimum atomic E-state index is -0.482. The summed E-state index contributed by atoms with van der Waals surface area (Å²) in [5.74, 6) is 4.61. The molecule has 0 aliphatic heterocycles. The third-order valence-corrected chi connectivity index (χ3v) is 2.18. The Labute approximate surface area is 108 Å². The van der Waals surface area contributed by atoms with E-state index in [-0.39, 0.29) is 23.8 Å². The van der Waals surface area contributed by atoms with Crippen molar-refractivity contribution in [1.82, 2.24) is 11.0 Å². The van der Waals surface area contributed by atoms with Gasteiger partial charge in [0.2, 0.25) is 0 Å². The summed E-state index contributed by atoms with van der Waals surface area (Å²) in [4.78, 5) is 11.8. The number of ether oxygens (including phenoxy) is 1. The van der Waals surface area contributed by atoms with Crippen molar-refractivity contribution < 1.29 is 9.53 Å². The zero-order chi connectivity index (χ0) is 14.4. The summed E-state index contributed by atoms with van der Waals surface area (Å²) in [6.45, 7) is 11.5. The Morgan fingerprint density at radius 3 is 2.22 bits per heavy atom. The number of nitrogens with zero attached hydrogens (tertiary/aromatic N) is 2. The van der Waals surface area contributed by atoms with E-state index in [1.54, 1.807) is 0 Å². The monoisotopic (exact) mass is 259 g/mol. The van der Waals surface area contributed by atoms with Crippen LogP contribution in [0.25, 0.3) is 0 Å². The third-order valence-electron chi connectivity index (χ3n) is 2.18. The van der Waals surface area contributed by atoms with E-state index in [9.17, 15) is 4.79 Å². The first kappa shape index (κ1) is 16.6. The van der Waals surface area contributed by atoms with Crippen molar-refractivity contribution in [3.63, 3.8) is 0 Å². The van der Waals surface area contributed by atoms with Crippen LogP contribution < -0.4 is 16.8 Å². The number of nitrogens with two attached hydrogens (primary N) is 1. The minimum absolute atomic E-state index is 0.145. The van der Waals surface area contributed by atoms with Crippen LogP contribution in [-0.2, 0) is 9.53 Å². The van der Waals surface area contributed by atoms with Crippen molar-refractivity contribution in [2.45, 2.75) is 59.6 Å². The van der Waals surface area contributed by atoms with Gasteiger partial charge in [-0.3, -0.25) is 4.79 Å². The van der Waals surface area contributed by atoms with Gasteiger partial charge in [-0.15, -0.1) is 0 Å². The molecule has 106 valence electrons. The van der Waals surface area contributed by atoms with E-state index in [1.165, 1.54) is 0 Å². The molecule has 0 amide bonds. The first-order chi connectivity index (χ1) is 8.06. The molecule has 0 aliphatic rings. The van der Waals surface area contributed by atoms with Crippen LogP contribution in [0.3, 0.4) is 0 Å². The van der Waals surface area contributed by atoms with Crippen molar-refractivity contribution in [2.75, 3.05) is 0 Å². The molecule has 7 nitrogen and oxygen atoms in total. The quantitative estimate of drug-likeness (QED) is 0.300. The summed E-state index contributed by atoms with van der Waals surface area (Å²) in [5, 5.41) is 6.46. The van der Waals surface area contributed by atoms with Crippen LogP contribution in [0.2, 0.25) is 0 Å². The molecule has 0 fully saturated rings. The molecule has 0 aromatic carbocycles. The largest absolute Gasteiger partial charge is 0.460 e. The molecule has 1 atom stereocenters. The van der Waals surface area contributed by atoms with E-state index in [4.69, 9.17) is 10.6 Å². The Bertz CT molecular complexity index is 291. The normalized spacial score (nSPS) is 14.6. The maximum Gasteiger partial charge on any atom is 0.307 e. The number of nitrogens with one attached hydrogen (secondary N) is 2. The predicted octanol–water partition coefficient (Wildman–Crippen LogP) is 1.47. The fourth-order valence-corrected chi connectivity index (χ4v) is 1.26. The lowest BCUT2D eigenvalue weighted by Crippen LogP contribution is -2.47. The highest BCUT2D eigenvalue weighted by atomic mass is 16.6. The lowest BCUT2D eigenvalue weighted by atomic mass is 9.85. The second-order valence-electron chi connectivity index (χ2n) is 6.18. The summed E-state index contributed by atoms with van der Waals surface area (Å²) in [7, 11) is 0. The Balaban J connectivity index is 4.46. The van der Waals surface area contributed by atoms with Crippen molar-refractivity contribution in [3.05, 3.63) is 0 Å². The summed E-state index contributed by atoms with van der Waals surface area (Å²) >= 11 is 0. The number of hydrogen-bond acceptors (Lipinski definition) is 5. The van der Waals surface area contributed by atoms with Gasteiger partial charge in [0.1, 0.15) is 5.60 Å². The van der Waals surface area contributed by atoms with E-state index >= 15 is 0 Å². The Kier molecular flexibility index (Phi) is 6.04. The highest BCUT2D eigenvalue weighted by molar-refractivity contribution is 5.70. The lowest BCUT2D eigenvalue weighted by Gasteiger charge is -2.31. The third kappa shape index (κ3) is 7.83. The van der Waals surface area contributed by atoms with Gasteiger partial charge in [-0.2, -0.15) is 0 Å². The topological polar surface area (TPSA) is 101 Å². The van der Waals surface area contributed by atoms with E-state index in [0.29, 0.717) is 0 Å². The van der Waals surface area contributed by atoms with Crippen LogP contribution in [0.4, 0.5) is 0 Å². The molecule has 0 saturated heterocycles. The molecule has 1 unspecified atom stereocenters. The second kappa shape index (κ2) is 6.53.